The van der Waals surface area contributed by atoms with Gasteiger partial charge >= 0.3 is 0 Å². The Bertz CT molecular complexity index is 144. The zero-order chi connectivity index (χ0) is 10.8. The molecule has 0 radical (unpaired) electrons. The van der Waals surface area contributed by atoms with Gasteiger partial charge in [0.05, 0.1) is 12.6 Å². The van der Waals surface area contributed by atoms with Crippen molar-refractivity contribution < 1.29 is 14.6 Å². The number of aliphatic hydroxyl groups is 1. The standard InChI is InChI=1S/C10H21NO3/c1-3-5-9(8-14-2)11-10(13)6-4-7-12/h9,12H,3-8H2,1-2H3,(H,11,13). The van der Waals surface area contributed by atoms with E-state index >= 15 is 0 Å². The molecule has 0 rings (SSSR count). The minimum atomic E-state index is -0.00505. The van der Waals surface area contributed by atoms with Crippen LogP contribution >= 0.6 is 0 Å². The van der Waals surface area contributed by atoms with Crippen LogP contribution in [0.2, 0.25) is 0 Å². The molecule has 0 aromatic carbocycles. The molecule has 0 aliphatic carbocycles. The normalized spacial score (nSPS) is 12.5. The number of amides is 1. The first-order chi connectivity index (χ1) is 6.74. The summed E-state index contributed by atoms with van der Waals surface area (Å²) >= 11 is 0. The molecule has 4 nitrogen and oxygen atoms in total. The van der Waals surface area contributed by atoms with Crippen LogP contribution in [0.1, 0.15) is 32.6 Å². The predicted octanol–water partition coefficient (Wildman–Crippen LogP) is 0.690. The third-order valence-corrected chi connectivity index (χ3v) is 1.93. The second kappa shape index (κ2) is 8.97. The second-order valence-electron chi connectivity index (χ2n) is 3.34. The van der Waals surface area contributed by atoms with Gasteiger partial charge in [0.15, 0.2) is 0 Å². The molecule has 0 saturated carbocycles. The fraction of sp³-hybridized carbons (Fsp3) is 0.900. The van der Waals surface area contributed by atoms with Crippen LogP contribution in [-0.2, 0) is 9.53 Å². The monoisotopic (exact) mass is 203 g/mol. The number of hydrogen-bond acceptors (Lipinski definition) is 3. The molecule has 84 valence electrons. The van der Waals surface area contributed by atoms with Gasteiger partial charge in [-0.15, -0.1) is 0 Å². The van der Waals surface area contributed by atoms with E-state index in [1.165, 1.54) is 0 Å². The number of ether oxygens (including phenoxy) is 1. The molecule has 0 heterocycles. The van der Waals surface area contributed by atoms with E-state index in [-0.39, 0.29) is 18.6 Å². The average Bonchev–Trinajstić information content (AvgIpc) is 2.15. The molecule has 0 aliphatic rings. The lowest BCUT2D eigenvalue weighted by atomic mass is 10.1. The van der Waals surface area contributed by atoms with Crippen LogP contribution in [0.4, 0.5) is 0 Å². The van der Waals surface area contributed by atoms with Crippen LogP contribution < -0.4 is 5.32 Å². The van der Waals surface area contributed by atoms with Crippen molar-refractivity contribution in [1.82, 2.24) is 5.32 Å². The van der Waals surface area contributed by atoms with E-state index in [9.17, 15) is 4.79 Å². The molecule has 0 bridgehead atoms. The van der Waals surface area contributed by atoms with Gasteiger partial charge in [0.1, 0.15) is 0 Å². The lowest BCUT2D eigenvalue weighted by molar-refractivity contribution is -0.122. The summed E-state index contributed by atoms with van der Waals surface area (Å²) in [6.45, 7) is 2.69. The van der Waals surface area contributed by atoms with Gasteiger partial charge < -0.3 is 15.2 Å². The van der Waals surface area contributed by atoms with Crippen LogP contribution in [-0.4, -0.2) is 37.4 Å². The van der Waals surface area contributed by atoms with E-state index in [1.54, 1.807) is 7.11 Å². The molecule has 2 N–H and O–H groups in total. The van der Waals surface area contributed by atoms with Crippen molar-refractivity contribution in [1.29, 1.82) is 0 Å². The van der Waals surface area contributed by atoms with E-state index in [0.717, 1.165) is 12.8 Å². The Kier molecular flexibility index (Phi) is 8.57. The van der Waals surface area contributed by atoms with Crippen LogP contribution in [0.5, 0.6) is 0 Å². The molecule has 4 heteroatoms. The summed E-state index contributed by atoms with van der Waals surface area (Å²) in [5.41, 5.74) is 0. The summed E-state index contributed by atoms with van der Waals surface area (Å²) in [6.07, 6.45) is 2.87. The Morgan fingerprint density at radius 2 is 2.29 bits per heavy atom. The van der Waals surface area contributed by atoms with E-state index in [1.807, 2.05) is 0 Å². The fourth-order valence-electron chi connectivity index (χ4n) is 1.29. The maximum atomic E-state index is 11.3. The van der Waals surface area contributed by atoms with Crippen molar-refractivity contribution in [3.8, 4) is 0 Å². The van der Waals surface area contributed by atoms with Crippen LogP contribution in [0.3, 0.4) is 0 Å². The van der Waals surface area contributed by atoms with E-state index in [0.29, 0.717) is 19.4 Å². The number of carbonyl (C=O) groups is 1. The van der Waals surface area contributed by atoms with Crippen molar-refractivity contribution in [3.63, 3.8) is 0 Å². The van der Waals surface area contributed by atoms with Gasteiger partial charge in [0.25, 0.3) is 0 Å². The molecule has 0 spiro atoms. The highest BCUT2D eigenvalue weighted by Gasteiger charge is 2.10. The van der Waals surface area contributed by atoms with Gasteiger partial charge in [-0.2, -0.15) is 0 Å². The van der Waals surface area contributed by atoms with Crippen molar-refractivity contribution in [2.45, 2.75) is 38.6 Å². The van der Waals surface area contributed by atoms with Crippen molar-refractivity contribution in [2.24, 2.45) is 0 Å². The zero-order valence-electron chi connectivity index (χ0n) is 9.08. The summed E-state index contributed by atoms with van der Waals surface area (Å²) in [6, 6.07) is 0.108. The lowest BCUT2D eigenvalue weighted by Gasteiger charge is -2.16. The third kappa shape index (κ3) is 6.86. The van der Waals surface area contributed by atoms with Gasteiger partial charge in [-0.3, -0.25) is 4.79 Å². The number of methoxy groups -OCH3 is 1. The van der Waals surface area contributed by atoms with Crippen molar-refractivity contribution >= 4 is 5.91 Å². The van der Waals surface area contributed by atoms with Gasteiger partial charge in [0.2, 0.25) is 5.91 Å². The maximum Gasteiger partial charge on any atom is 0.220 e. The number of rotatable bonds is 8. The second-order valence-corrected chi connectivity index (χ2v) is 3.34. The highest BCUT2D eigenvalue weighted by atomic mass is 16.5. The minimum Gasteiger partial charge on any atom is -0.396 e. The van der Waals surface area contributed by atoms with Gasteiger partial charge in [-0.05, 0) is 12.8 Å². The number of aliphatic hydroxyl groups excluding tert-OH is 1. The van der Waals surface area contributed by atoms with Crippen LogP contribution in [0.15, 0.2) is 0 Å². The average molecular weight is 203 g/mol. The molecule has 1 amide bonds. The Morgan fingerprint density at radius 1 is 1.57 bits per heavy atom. The Labute approximate surface area is 85.6 Å². The molecular weight excluding hydrogens is 182 g/mol. The summed E-state index contributed by atoms with van der Waals surface area (Å²) < 4.78 is 5.00. The SMILES string of the molecule is CCCC(COC)NC(=O)CCCO. The molecule has 14 heavy (non-hydrogen) atoms. The summed E-state index contributed by atoms with van der Waals surface area (Å²) in [5, 5.41) is 11.4. The largest absolute Gasteiger partial charge is 0.396 e. The van der Waals surface area contributed by atoms with Crippen molar-refractivity contribution in [3.05, 3.63) is 0 Å². The van der Waals surface area contributed by atoms with Gasteiger partial charge in [0, 0.05) is 20.1 Å². The highest BCUT2D eigenvalue weighted by Crippen LogP contribution is 1.98. The highest BCUT2D eigenvalue weighted by molar-refractivity contribution is 5.76. The van der Waals surface area contributed by atoms with Gasteiger partial charge in [-0.25, -0.2) is 0 Å². The summed E-state index contributed by atoms with van der Waals surface area (Å²) in [7, 11) is 1.63. The minimum absolute atomic E-state index is 0.00505. The van der Waals surface area contributed by atoms with E-state index in [2.05, 4.69) is 12.2 Å². The first-order valence-electron chi connectivity index (χ1n) is 5.13. The molecule has 1 atom stereocenters. The number of carbonyl (C=O) groups excluding carboxylic acids is 1. The molecule has 1 unspecified atom stereocenters. The van der Waals surface area contributed by atoms with Crippen molar-refractivity contribution in [2.75, 3.05) is 20.3 Å². The molecule has 0 fully saturated rings. The molecular formula is C10H21NO3. The van der Waals surface area contributed by atoms with Crippen LogP contribution in [0, 0.1) is 0 Å². The fourth-order valence-corrected chi connectivity index (χ4v) is 1.29. The van der Waals surface area contributed by atoms with Crippen LogP contribution in [0.25, 0.3) is 0 Å². The molecule has 0 saturated heterocycles. The third-order valence-electron chi connectivity index (χ3n) is 1.93. The summed E-state index contributed by atoms with van der Waals surface area (Å²) in [4.78, 5) is 11.3. The number of nitrogens with one attached hydrogen (secondary N) is 1. The maximum absolute atomic E-state index is 11.3. The molecule has 0 aliphatic heterocycles. The quantitative estimate of drug-likeness (QED) is 0.610. The topological polar surface area (TPSA) is 58.6 Å². The lowest BCUT2D eigenvalue weighted by Crippen LogP contribution is -2.37. The van der Waals surface area contributed by atoms with Gasteiger partial charge in [-0.1, -0.05) is 13.3 Å². The zero-order valence-corrected chi connectivity index (χ0v) is 9.08. The Balaban J connectivity index is 3.71. The molecule has 0 aromatic rings. The Hall–Kier alpha value is -0.610. The first kappa shape index (κ1) is 13.4. The summed E-state index contributed by atoms with van der Waals surface area (Å²) in [5.74, 6) is -0.00505. The van der Waals surface area contributed by atoms with E-state index < -0.39 is 0 Å². The Morgan fingerprint density at radius 3 is 2.79 bits per heavy atom. The van der Waals surface area contributed by atoms with E-state index in [4.69, 9.17) is 9.84 Å². The first-order valence-corrected chi connectivity index (χ1v) is 5.13. The number of hydrogen-bond donors (Lipinski definition) is 2. The smallest absolute Gasteiger partial charge is 0.220 e. The molecule has 0 aromatic heterocycles. The predicted molar refractivity (Wildman–Crippen MR) is 55.0 cm³/mol.